The monoisotopic (exact) mass is 268 g/mol. The SMILES string of the molecule is CC(C)(C)C1CCC2(CC1)CC(CC(=O)O)OC2=O. The summed E-state index contributed by atoms with van der Waals surface area (Å²) in [6.45, 7) is 6.74. The maximum atomic E-state index is 12.1. The first-order valence-corrected chi connectivity index (χ1v) is 7.16. The van der Waals surface area contributed by atoms with Gasteiger partial charge in [0.2, 0.25) is 0 Å². The van der Waals surface area contributed by atoms with E-state index in [1.165, 1.54) is 0 Å². The lowest BCUT2D eigenvalue weighted by atomic mass is 9.63. The Hall–Kier alpha value is -1.06. The predicted molar refractivity (Wildman–Crippen MR) is 70.6 cm³/mol. The molecule has 1 atom stereocenters. The Morgan fingerprint density at radius 3 is 2.42 bits per heavy atom. The molecule has 1 unspecified atom stereocenters. The van der Waals surface area contributed by atoms with Gasteiger partial charge >= 0.3 is 11.9 Å². The van der Waals surface area contributed by atoms with Crippen LogP contribution >= 0.6 is 0 Å². The number of esters is 1. The average Bonchev–Trinajstić information content (AvgIpc) is 2.53. The summed E-state index contributed by atoms with van der Waals surface area (Å²) in [5.41, 5.74) is -0.105. The van der Waals surface area contributed by atoms with E-state index >= 15 is 0 Å². The number of carboxylic acids is 1. The largest absolute Gasteiger partial charge is 0.481 e. The number of carboxylic acid groups (broad SMARTS) is 1. The summed E-state index contributed by atoms with van der Waals surface area (Å²) in [7, 11) is 0. The van der Waals surface area contributed by atoms with Crippen molar-refractivity contribution in [3.63, 3.8) is 0 Å². The van der Waals surface area contributed by atoms with Gasteiger partial charge in [0.25, 0.3) is 0 Å². The molecular weight excluding hydrogens is 244 g/mol. The van der Waals surface area contributed by atoms with Crippen LogP contribution in [0.25, 0.3) is 0 Å². The standard InChI is InChI=1S/C15H24O4/c1-14(2,3)10-4-6-15(7-5-10)9-11(8-12(16)17)19-13(15)18/h10-11H,4-9H2,1-3H3,(H,16,17). The van der Waals surface area contributed by atoms with Gasteiger partial charge in [-0.1, -0.05) is 20.8 Å². The molecule has 2 rings (SSSR count). The van der Waals surface area contributed by atoms with Crippen LogP contribution in [0, 0.1) is 16.7 Å². The third-order valence-corrected chi connectivity index (χ3v) is 4.89. The zero-order valence-electron chi connectivity index (χ0n) is 12.1. The number of carbonyl (C=O) groups excluding carboxylic acids is 1. The van der Waals surface area contributed by atoms with Crippen LogP contribution in [0.4, 0.5) is 0 Å². The van der Waals surface area contributed by atoms with Crippen LogP contribution in [0.3, 0.4) is 0 Å². The third-order valence-electron chi connectivity index (χ3n) is 4.89. The van der Waals surface area contributed by atoms with Gasteiger partial charge in [0.15, 0.2) is 0 Å². The molecule has 0 radical (unpaired) electrons. The molecule has 1 N–H and O–H groups in total. The summed E-state index contributed by atoms with van der Waals surface area (Å²) in [5, 5.41) is 8.80. The number of hydrogen-bond donors (Lipinski definition) is 1. The van der Waals surface area contributed by atoms with E-state index in [2.05, 4.69) is 20.8 Å². The molecule has 0 bridgehead atoms. The number of cyclic esters (lactones) is 1. The Morgan fingerprint density at radius 1 is 1.37 bits per heavy atom. The van der Waals surface area contributed by atoms with E-state index < -0.39 is 12.1 Å². The van der Waals surface area contributed by atoms with Crippen LogP contribution in [0.5, 0.6) is 0 Å². The molecular formula is C15H24O4. The summed E-state index contributed by atoms with van der Waals surface area (Å²) < 4.78 is 5.27. The van der Waals surface area contributed by atoms with E-state index in [0.717, 1.165) is 25.7 Å². The second-order valence-electron chi connectivity index (χ2n) is 7.25. The number of rotatable bonds is 2. The maximum absolute atomic E-state index is 12.1. The molecule has 2 fully saturated rings. The molecule has 0 aromatic carbocycles. The second-order valence-corrected chi connectivity index (χ2v) is 7.25. The van der Waals surface area contributed by atoms with Crippen LogP contribution in [0.1, 0.15) is 59.3 Å². The molecule has 1 saturated carbocycles. The lowest BCUT2D eigenvalue weighted by Gasteiger charge is -2.40. The Bertz CT molecular complexity index is 372. The van der Waals surface area contributed by atoms with Gasteiger partial charge in [0.05, 0.1) is 11.8 Å². The topological polar surface area (TPSA) is 63.6 Å². The molecule has 4 nitrogen and oxygen atoms in total. The fraction of sp³-hybridized carbons (Fsp3) is 0.867. The fourth-order valence-electron chi connectivity index (χ4n) is 3.59. The molecule has 1 aliphatic heterocycles. The van der Waals surface area contributed by atoms with E-state index in [4.69, 9.17) is 9.84 Å². The number of aliphatic carboxylic acids is 1. The van der Waals surface area contributed by atoms with Crippen molar-refractivity contribution < 1.29 is 19.4 Å². The fourth-order valence-corrected chi connectivity index (χ4v) is 3.59. The lowest BCUT2D eigenvalue weighted by Crippen LogP contribution is -2.35. The Morgan fingerprint density at radius 2 is 1.95 bits per heavy atom. The smallest absolute Gasteiger partial charge is 0.312 e. The summed E-state index contributed by atoms with van der Waals surface area (Å²) in [6, 6.07) is 0. The molecule has 19 heavy (non-hydrogen) atoms. The van der Waals surface area contributed by atoms with Crippen molar-refractivity contribution >= 4 is 11.9 Å². The first kappa shape index (κ1) is 14.4. The normalized spacial score (nSPS) is 35.4. The van der Waals surface area contributed by atoms with Crippen molar-refractivity contribution in [3.05, 3.63) is 0 Å². The Labute approximate surface area is 114 Å². The van der Waals surface area contributed by atoms with E-state index in [1.807, 2.05) is 0 Å². The summed E-state index contributed by atoms with van der Waals surface area (Å²) in [4.78, 5) is 22.8. The average molecular weight is 268 g/mol. The summed E-state index contributed by atoms with van der Waals surface area (Å²) in [5.74, 6) is -0.409. The minimum Gasteiger partial charge on any atom is -0.481 e. The van der Waals surface area contributed by atoms with Crippen molar-refractivity contribution in [2.24, 2.45) is 16.7 Å². The van der Waals surface area contributed by atoms with Gasteiger partial charge in [-0.05, 0) is 37.0 Å². The molecule has 2 aliphatic rings. The first-order valence-electron chi connectivity index (χ1n) is 7.16. The number of ether oxygens (including phenoxy) is 1. The third kappa shape index (κ3) is 2.93. The lowest BCUT2D eigenvalue weighted by molar-refractivity contribution is -0.152. The predicted octanol–water partition coefficient (Wildman–Crippen LogP) is 3.00. The molecule has 1 saturated heterocycles. The van der Waals surface area contributed by atoms with Crippen molar-refractivity contribution in [1.29, 1.82) is 0 Å². The molecule has 108 valence electrons. The number of hydrogen-bond acceptors (Lipinski definition) is 3. The van der Waals surface area contributed by atoms with Crippen molar-refractivity contribution in [2.45, 2.75) is 65.4 Å². The van der Waals surface area contributed by atoms with E-state index in [9.17, 15) is 9.59 Å². The minimum absolute atomic E-state index is 0.0593. The molecule has 0 aromatic rings. The molecule has 0 amide bonds. The molecule has 0 aromatic heterocycles. The highest BCUT2D eigenvalue weighted by Crippen LogP contribution is 2.51. The van der Waals surface area contributed by atoms with Gasteiger partial charge in [0.1, 0.15) is 6.10 Å². The molecule has 1 spiro atoms. The minimum atomic E-state index is -0.891. The zero-order chi connectivity index (χ0) is 14.3. The highest BCUT2D eigenvalue weighted by Gasteiger charge is 2.51. The van der Waals surface area contributed by atoms with Crippen LogP contribution in [-0.2, 0) is 14.3 Å². The van der Waals surface area contributed by atoms with Crippen molar-refractivity contribution in [2.75, 3.05) is 0 Å². The molecule has 1 heterocycles. The highest BCUT2D eigenvalue weighted by atomic mass is 16.6. The highest BCUT2D eigenvalue weighted by molar-refractivity contribution is 5.80. The molecule has 4 heteroatoms. The van der Waals surface area contributed by atoms with Crippen LogP contribution in [0.2, 0.25) is 0 Å². The second kappa shape index (κ2) is 4.80. The summed E-state index contributed by atoms with van der Waals surface area (Å²) >= 11 is 0. The van der Waals surface area contributed by atoms with E-state index in [1.54, 1.807) is 0 Å². The van der Waals surface area contributed by atoms with Gasteiger partial charge in [-0.3, -0.25) is 9.59 Å². The quantitative estimate of drug-likeness (QED) is 0.782. The van der Waals surface area contributed by atoms with Gasteiger partial charge in [-0.2, -0.15) is 0 Å². The first-order chi connectivity index (χ1) is 8.73. The molecule has 1 aliphatic carbocycles. The van der Waals surface area contributed by atoms with Gasteiger partial charge < -0.3 is 9.84 Å². The van der Waals surface area contributed by atoms with Crippen molar-refractivity contribution in [3.8, 4) is 0 Å². The van der Waals surface area contributed by atoms with Crippen LogP contribution in [-0.4, -0.2) is 23.1 Å². The van der Waals surface area contributed by atoms with Crippen LogP contribution < -0.4 is 0 Å². The Kier molecular flexibility index (Phi) is 3.63. The maximum Gasteiger partial charge on any atom is 0.312 e. The zero-order valence-corrected chi connectivity index (χ0v) is 12.1. The Balaban J connectivity index is 1.99. The summed E-state index contributed by atoms with van der Waals surface area (Å²) in [6.07, 6.45) is 3.90. The van der Waals surface area contributed by atoms with Crippen molar-refractivity contribution in [1.82, 2.24) is 0 Å². The van der Waals surface area contributed by atoms with Crippen LogP contribution in [0.15, 0.2) is 0 Å². The van der Waals surface area contributed by atoms with Gasteiger partial charge in [0, 0.05) is 6.42 Å². The van der Waals surface area contributed by atoms with E-state index in [-0.39, 0.29) is 23.2 Å². The number of carbonyl (C=O) groups is 2. The van der Waals surface area contributed by atoms with E-state index in [0.29, 0.717) is 12.3 Å². The van der Waals surface area contributed by atoms with Gasteiger partial charge in [-0.25, -0.2) is 0 Å². The van der Waals surface area contributed by atoms with Gasteiger partial charge in [-0.15, -0.1) is 0 Å².